The van der Waals surface area contributed by atoms with E-state index in [1.807, 2.05) is 12.1 Å². The quantitative estimate of drug-likeness (QED) is 0.794. The van der Waals surface area contributed by atoms with Crippen LogP contribution in [0.3, 0.4) is 0 Å². The summed E-state index contributed by atoms with van der Waals surface area (Å²) in [6.07, 6.45) is -1.20. The highest BCUT2D eigenvalue weighted by molar-refractivity contribution is 5.90. The van der Waals surface area contributed by atoms with Gasteiger partial charge in [0.05, 0.1) is 24.4 Å². The Kier molecular flexibility index (Phi) is 3.39. The average Bonchev–Trinajstić information content (AvgIpc) is 3.18. The molecule has 1 aromatic heterocycles. The summed E-state index contributed by atoms with van der Waals surface area (Å²) in [7, 11) is 0. The maximum Gasteiger partial charge on any atom is 0.414 e. The SMILES string of the molecule is O=C1O[C@@H](CO)CN1c1ccc(-n2nnc3ccccc32)c(F)c1. The molecule has 2 aromatic carbocycles. The molecule has 1 N–H and O–H groups in total. The first kappa shape index (κ1) is 14.6. The number of anilines is 1. The second-order valence-corrected chi connectivity index (χ2v) is 5.42. The van der Waals surface area contributed by atoms with E-state index in [1.54, 1.807) is 18.2 Å². The predicted molar refractivity (Wildman–Crippen MR) is 83.5 cm³/mol. The Bertz CT molecular complexity index is 927. The summed E-state index contributed by atoms with van der Waals surface area (Å²) in [6, 6.07) is 11.6. The van der Waals surface area contributed by atoms with E-state index < -0.39 is 18.0 Å². The molecular formula is C16H13FN4O3. The first-order valence-corrected chi connectivity index (χ1v) is 7.37. The van der Waals surface area contributed by atoms with Crippen molar-refractivity contribution in [1.82, 2.24) is 15.0 Å². The van der Waals surface area contributed by atoms with Crippen molar-refractivity contribution in [2.45, 2.75) is 6.10 Å². The zero-order valence-corrected chi connectivity index (χ0v) is 12.5. The molecule has 1 saturated heterocycles. The lowest BCUT2D eigenvalue weighted by atomic mass is 10.2. The van der Waals surface area contributed by atoms with Crippen molar-refractivity contribution in [1.29, 1.82) is 0 Å². The van der Waals surface area contributed by atoms with Gasteiger partial charge in [0.15, 0.2) is 5.82 Å². The highest BCUT2D eigenvalue weighted by Crippen LogP contribution is 2.26. The number of hydrogen-bond acceptors (Lipinski definition) is 5. The van der Waals surface area contributed by atoms with E-state index in [0.717, 1.165) is 0 Å². The molecule has 1 amide bonds. The van der Waals surface area contributed by atoms with Gasteiger partial charge in [-0.2, -0.15) is 0 Å². The molecule has 1 atom stereocenters. The summed E-state index contributed by atoms with van der Waals surface area (Å²) in [5.74, 6) is -0.539. The van der Waals surface area contributed by atoms with Crippen LogP contribution in [0.2, 0.25) is 0 Å². The second-order valence-electron chi connectivity index (χ2n) is 5.42. The smallest absolute Gasteiger partial charge is 0.414 e. The van der Waals surface area contributed by atoms with Crippen molar-refractivity contribution >= 4 is 22.8 Å². The topological polar surface area (TPSA) is 80.5 Å². The van der Waals surface area contributed by atoms with Gasteiger partial charge >= 0.3 is 6.09 Å². The van der Waals surface area contributed by atoms with Gasteiger partial charge in [0.1, 0.15) is 17.3 Å². The first-order chi connectivity index (χ1) is 11.7. The number of aliphatic hydroxyl groups excluding tert-OH is 1. The van der Waals surface area contributed by atoms with Crippen molar-refractivity contribution < 1.29 is 19.0 Å². The van der Waals surface area contributed by atoms with Gasteiger partial charge in [0.2, 0.25) is 0 Å². The van der Waals surface area contributed by atoms with Gasteiger partial charge in [0, 0.05) is 0 Å². The van der Waals surface area contributed by atoms with E-state index in [0.29, 0.717) is 16.7 Å². The zero-order valence-electron chi connectivity index (χ0n) is 12.5. The minimum Gasteiger partial charge on any atom is -0.441 e. The lowest BCUT2D eigenvalue weighted by molar-refractivity contribution is 0.0963. The number of halogens is 1. The number of fused-ring (bicyclic) bond motifs is 1. The number of rotatable bonds is 3. The van der Waals surface area contributed by atoms with Gasteiger partial charge in [0.25, 0.3) is 0 Å². The van der Waals surface area contributed by atoms with Crippen LogP contribution < -0.4 is 4.90 Å². The monoisotopic (exact) mass is 328 g/mol. The summed E-state index contributed by atoms with van der Waals surface area (Å²) >= 11 is 0. The van der Waals surface area contributed by atoms with Gasteiger partial charge in [-0.15, -0.1) is 5.10 Å². The van der Waals surface area contributed by atoms with Crippen LogP contribution in [0.15, 0.2) is 42.5 Å². The minimum atomic E-state index is -0.604. The summed E-state index contributed by atoms with van der Waals surface area (Å²) in [5, 5.41) is 17.1. The van der Waals surface area contributed by atoms with Crippen LogP contribution in [0, 0.1) is 5.82 Å². The highest BCUT2D eigenvalue weighted by atomic mass is 19.1. The maximum absolute atomic E-state index is 14.6. The Morgan fingerprint density at radius 1 is 1.29 bits per heavy atom. The number of carbonyl (C=O) groups excluding carboxylic acids is 1. The molecule has 122 valence electrons. The number of hydrogen-bond donors (Lipinski definition) is 1. The van der Waals surface area contributed by atoms with Gasteiger partial charge in [-0.3, -0.25) is 4.90 Å². The fraction of sp³-hybridized carbons (Fsp3) is 0.188. The van der Waals surface area contributed by atoms with Gasteiger partial charge in [-0.25, -0.2) is 13.9 Å². The van der Waals surface area contributed by atoms with E-state index in [1.165, 1.54) is 21.7 Å². The van der Waals surface area contributed by atoms with Crippen LogP contribution in [0.25, 0.3) is 16.7 Å². The van der Waals surface area contributed by atoms with Gasteiger partial charge in [-0.1, -0.05) is 17.3 Å². The van der Waals surface area contributed by atoms with Crippen LogP contribution in [-0.2, 0) is 4.74 Å². The molecule has 24 heavy (non-hydrogen) atoms. The van der Waals surface area contributed by atoms with Gasteiger partial charge < -0.3 is 9.84 Å². The number of cyclic esters (lactones) is 1. The number of amides is 1. The molecule has 0 aliphatic carbocycles. The van der Waals surface area contributed by atoms with Crippen LogP contribution in [0.5, 0.6) is 0 Å². The number of carbonyl (C=O) groups is 1. The number of ether oxygens (including phenoxy) is 1. The summed E-state index contributed by atoms with van der Waals surface area (Å²) in [6.45, 7) is -0.0892. The molecule has 0 unspecified atom stereocenters. The molecule has 0 radical (unpaired) electrons. The largest absolute Gasteiger partial charge is 0.441 e. The Balaban J connectivity index is 1.71. The molecule has 2 heterocycles. The third kappa shape index (κ3) is 2.28. The zero-order chi connectivity index (χ0) is 16.7. The molecule has 1 aliphatic rings. The van der Waals surface area contributed by atoms with Crippen LogP contribution in [-0.4, -0.2) is 45.4 Å². The summed E-state index contributed by atoms with van der Waals surface area (Å²) < 4.78 is 21.0. The van der Waals surface area contributed by atoms with Gasteiger partial charge in [-0.05, 0) is 30.3 Å². The molecule has 7 nitrogen and oxygen atoms in total. The third-order valence-electron chi connectivity index (χ3n) is 3.90. The van der Waals surface area contributed by atoms with E-state index >= 15 is 0 Å². The Morgan fingerprint density at radius 3 is 2.88 bits per heavy atom. The molecule has 0 spiro atoms. The van der Waals surface area contributed by atoms with Crippen LogP contribution in [0.4, 0.5) is 14.9 Å². The Morgan fingerprint density at radius 2 is 2.12 bits per heavy atom. The van der Waals surface area contributed by atoms with E-state index in [2.05, 4.69) is 10.3 Å². The Hall–Kier alpha value is -3.00. The van der Waals surface area contributed by atoms with E-state index in [4.69, 9.17) is 9.84 Å². The number of benzene rings is 2. The number of aliphatic hydroxyl groups is 1. The average molecular weight is 328 g/mol. The number of para-hydroxylation sites is 1. The molecule has 0 bridgehead atoms. The van der Waals surface area contributed by atoms with Crippen molar-refractivity contribution in [3.8, 4) is 5.69 Å². The fourth-order valence-electron chi connectivity index (χ4n) is 2.71. The molecule has 1 aliphatic heterocycles. The van der Waals surface area contributed by atoms with Crippen LogP contribution in [0.1, 0.15) is 0 Å². The number of nitrogens with zero attached hydrogens (tertiary/aromatic N) is 4. The normalized spacial score (nSPS) is 17.5. The second kappa shape index (κ2) is 5.57. The summed E-state index contributed by atoms with van der Waals surface area (Å²) in [5.41, 5.74) is 1.94. The van der Waals surface area contributed by atoms with E-state index in [9.17, 15) is 9.18 Å². The third-order valence-corrected chi connectivity index (χ3v) is 3.90. The van der Waals surface area contributed by atoms with Crippen molar-refractivity contribution in [3.63, 3.8) is 0 Å². The molecule has 1 fully saturated rings. The lowest BCUT2D eigenvalue weighted by Crippen LogP contribution is -2.25. The van der Waals surface area contributed by atoms with Crippen LogP contribution >= 0.6 is 0 Å². The lowest BCUT2D eigenvalue weighted by Gasteiger charge is -2.14. The predicted octanol–water partition coefficient (Wildman–Crippen LogP) is 1.88. The van der Waals surface area contributed by atoms with E-state index in [-0.39, 0.29) is 18.8 Å². The molecule has 4 rings (SSSR count). The van der Waals surface area contributed by atoms with Crippen molar-refractivity contribution in [2.75, 3.05) is 18.1 Å². The number of aromatic nitrogens is 3. The molecule has 0 saturated carbocycles. The Labute approximate surface area is 135 Å². The molecule has 8 heteroatoms. The standard InChI is InChI=1S/C16H13FN4O3/c17-12-7-10(20-8-11(9-22)24-16(20)23)5-6-14(12)21-15-4-2-1-3-13(15)18-19-21/h1-7,11,22H,8-9H2/t11-/m1/s1. The van der Waals surface area contributed by atoms with Crippen molar-refractivity contribution in [3.05, 3.63) is 48.3 Å². The van der Waals surface area contributed by atoms with Crippen molar-refractivity contribution in [2.24, 2.45) is 0 Å². The first-order valence-electron chi connectivity index (χ1n) is 7.37. The molecule has 3 aromatic rings. The maximum atomic E-state index is 14.6. The minimum absolute atomic E-state index is 0.181. The fourth-order valence-corrected chi connectivity index (χ4v) is 2.71. The summed E-state index contributed by atoms with van der Waals surface area (Å²) in [4.78, 5) is 13.1. The molecular weight excluding hydrogens is 315 g/mol. The highest BCUT2D eigenvalue weighted by Gasteiger charge is 2.32.